The van der Waals surface area contributed by atoms with E-state index in [0.29, 0.717) is 24.5 Å². The molecule has 9 heteroatoms. The number of nitrogens with zero attached hydrogens (tertiary/aromatic N) is 2. The molecule has 0 saturated carbocycles. The number of aryl methyl sites for hydroxylation is 1. The largest absolute Gasteiger partial charge is 0.495 e. The van der Waals surface area contributed by atoms with Gasteiger partial charge in [0.2, 0.25) is 15.9 Å². The van der Waals surface area contributed by atoms with E-state index in [9.17, 15) is 17.6 Å². The van der Waals surface area contributed by atoms with Gasteiger partial charge in [-0.05, 0) is 42.8 Å². The van der Waals surface area contributed by atoms with E-state index in [1.165, 1.54) is 29.6 Å². The van der Waals surface area contributed by atoms with Crippen molar-refractivity contribution < 1.29 is 22.3 Å². The highest BCUT2D eigenvalue weighted by atomic mass is 32.2. The molecule has 0 aliphatic carbocycles. The monoisotopic (exact) mass is 421 g/mol. The smallest absolute Gasteiger partial charge is 0.246 e. The normalized spacial score (nSPS) is 15.8. The van der Waals surface area contributed by atoms with E-state index in [0.717, 1.165) is 5.56 Å². The lowest BCUT2D eigenvalue weighted by Crippen LogP contribution is -2.50. The first-order valence-corrected chi connectivity index (χ1v) is 10.7. The van der Waals surface area contributed by atoms with Crippen LogP contribution in [0.15, 0.2) is 47.4 Å². The van der Waals surface area contributed by atoms with E-state index in [-0.39, 0.29) is 30.4 Å². The van der Waals surface area contributed by atoms with Crippen LogP contribution < -0.4 is 10.1 Å². The van der Waals surface area contributed by atoms with Gasteiger partial charge in [-0.3, -0.25) is 9.69 Å². The highest BCUT2D eigenvalue weighted by Crippen LogP contribution is 2.28. The SMILES string of the molecule is COc1ccc(C)cc1S(=O)(=O)N1CCN(CC(=O)Nc2cccc(F)c2)CC1. The second-order valence-corrected chi connectivity index (χ2v) is 8.80. The number of rotatable bonds is 6. The lowest BCUT2D eigenvalue weighted by atomic mass is 10.2. The Labute approximate surface area is 170 Å². The summed E-state index contributed by atoms with van der Waals surface area (Å²) in [6.45, 7) is 3.32. The molecule has 2 aromatic carbocycles. The molecule has 29 heavy (non-hydrogen) atoms. The molecule has 2 aromatic rings. The number of carbonyl (C=O) groups is 1. The molecule has 1 aliphatic heterocycles. The molecule has 0 radical (unpaired) electrons. The van der Waals surface area contributed by atoms with Gasteiger partial charge in [0, 0.05) is 31.9 Å². The Bertz CT molecular complexity index is 989. The van der Waals surface area contributed by atoms with Crippen molar-refractivity contribution >= 4 is 21.6 Å². The lowest BCUT2D eigenvalue weighted by molar-refractivity contribution is -0.117. The highest BCUT2D eigenvalue weighted by Gasteiger charge is 2.31. The van der Waals surface area contributed by atoms with Crippen molar-refractivity contribution in [3.05, 3.63) is 53.8 Å². The van der Waals surface area contributed by atoms with Crippen LogP contribution in [0, 0.1) is 12.7 Å². The molecule has 0 spiro atoms. The van der Waals surface area contributed by atoms with Crippen LogP contribution in [0.5, 0.6) is 5.75 Å². The van der Waals surface area contributed by atoms with Crippen LogP contribution in [0.2, 0.25) is 0 Å². The molecular weight excluding hydrogens is 397 g/mol. The van der Waals surface area contributed by atoms with Crippen molar-refractivity contribution in [3.63, 3.8) is 0 Å². The Morgan fingerprint density at radius 3 is 2.52 bits per heavy atom. The van der Waals surface area contributed by atoms with Gasteiger partial charge in [-0.25, -0.2) is 12.8 Å². The fourth-order valence-corrected chi connectivity index (χ4v) is 4.89. The summed E-state index contributed by atoms with van der Waals surface area (Å²) >= 11 is 0. The van der Waals surface area contributed by atoms with E-state index >= 15 is 0 Å². The molecule has 0 bridgehead atoms. The van der Waals surface area contributed by atoms with E-state index in [2.05, 4.69) is 5.32 Å². The van der Waals surface area contributed by atoms with Crippen LogP contribution in [-0.4, -0.2) is 63.4 Å². The van der Waals surface area contributed by atoms with Crippen LogP contribution in [0.25, 0.3) is 0 Å². The van der Waals surface area contributed by atoms with Gasteiger partial charge in [0.25, 0.3) is 0 Å². The zero-order chi connectivity index (χ0) is 21.0. The number of sulfonamides is 1. The van der Waals surface area contributed by atoms with Crippen LogP contribution in [0.3, 0.4) is 0 Å². The standard InChI is InChI=1S/C20H24FN3O4S/c1-15-6-7-18(28-2)19(12-15)29(26,27)24-10-8-23(9-11-24)14-20(25)22-17-5-3-4-16(21)13-17/h3-7,12-13H,8-11,14H2,1-2H3,(H,22,25). The van der Waals surface area contributed by atoms with Crippen LogP contribution in [0.1, 0.15) is 5.56 Å². The van der Waals surface area contributed by atoms with Crippen molar-refractivity contribution in [2.24, 2.45) is 0 Å². The molecule has 1 aliphatic rings. The molecule has 7 nitrogen and oxygen atoms in total. The minimum atomic E-state index is -3.69. The number of hydrogen-bond donors (Lipinski definition) is 1. The first kappa shape index (κ1) is 21.2. The number of hydrogen-bond acceptors (Lipinski definition) is 5. The van der Waals surface area contributed by atoms with Gasteiger partial charge >= 0.3 is 0 Å². The third kappa shape index (κ3) is 5.11. The van der Waals surface area contributed by atoms with Gasteiger partial charge < -0.3 is 10.1 Å². The molecule has 1 fully saturated rings. The third-order valence-corrected chi connectivity index (χ3v) is 6.66. The quantitative estimate of drug-likeness (QED) is 0.773. The van der Waals surface area contributed by atoms with Gasteiger partial charge in [-0.15, -0.1) is 0 Å². The summed E-state index contributed by atoms with van der Waals surface area (Å²) in [5, 5.41) is 2.65. The molecule has 1 N–H and O–H groups in total. The number of benzene rings is 2. The van der Waals surface area contributed by atoms with Crippen LogP contribution >= 0.6 is 0 Å². The molecule has 3 rings (SSSR count). The zero-order valence-corrected chi connectivity index (χ0v) is 17.2. The number of carbonyl (C=O) groups excluding carboxylic acids is 1. The molecule has 1 saturated heterocycles. The van der Waals surface area contributed by atoms with Gasteiger partial charge in [-0.2, -0.15) is 4.31 Å². The van der Waals surface area contributed by atoms with E-state index in [1.807, 2.05) is 11.8 Å². The third-order valence-electron chi connectivity index (χ3n) is 4.74. The lowest BCUT2D eigenvalue weighted by Gasteiger charge is -2.33. The first-order valence-electron chi connectivity index (χ1n) is 9.22. The highest BCUT2D eigenvalue weighted by molar-refractivity contribution is 7.89. The summed E-state index contributed by atoms with van der Waals surface area (Å²) < 4.78 is 45.9. The first-order chi connectivity index (χ1) is 13.8. The van der Waals surface area contributed by atoms with Crippen molar-refractivity contribution in [2.45, 2.75) is 11.8 Å². The Morgan fingerprint density at radius 2 is 1.86 bits per heavy atom. The van der Waals surface area contributed by atoms with Crippen molar-refractivity contribution in [1.29, 1.82) is 0 Å². The summed E-state index contributed by atoms with van der Waals surface area (Å²) in [7, 11) is -2.25. The Hall–Kier alpha value is -2.49. The molecule has 156 valence electrons. The zero-order valence-electron chi connectivity index (χ0n) is 16.4. The van der Waals surface area contributed by atoms with Gasteiger partial charge in [0.1, 0.15) is 16.5 Å². The minimum absolute atomic E-state index is 0.109. The van der Waals surface area contributed by atoms with Crippen molar-refractivity contribution in [1.82, 2.24) is 9.21 Å². The number of amides is 1. The van der Waals surface area contributed by atoms with E-state index in [4.69, 9.17) is 4.74 Å². The fraction of sp³-hybridized carbons (Fsp3) is 0.350. The van der Waals surface area contributed by atoms with E-state index in [1.54, 1.807) is 24.3 Å². The number of ether oxygens (including phenoxy) is 1. The Balaban J connectivity index is 1.60. The van der Waals surface area contributed by atoms with Crippen LogP contribution in [0.4, 0.5) is 10.1 Å². The van der Waals surface area contributed by atoms with E-state index < -0.39 is 15.8 Å². The Morgan fingerprint density at radius 1 is 1.14 bits per heavy atom. The van der Waals surface area contributed by atoms with Crippen LogP contribution in [-0.2, 0) is 14.8 Å². The number of piperazine rings is 1. The summed E-state index contributed by atoms with van der Waals surface area (Å²) in [5.41, 5.74) is 1.22. The summed E-state index contributed by atoms with van der Waals surface area (Å²) in [5.74, 6) is -0.382. The average molecular weight is 421 g/mol. The number of anilines is 1. The molecule has 0 aromatic heterocycles. The summed E-state index contributed by atoms with van der Waals surface area (Å²) in [6, 6.07) is 10.7. The minimum Gasteiger partial charge on any atom is -0.495 e. The molecule has 0 atom stereocenters. The maximum Gasteiger partial charge on any atom is 0.246 e. The number of halogens is 1. The Kier molecular flexibility index (Phi) is 6.51. The predicted molar refractivity (Wildman–Crippen MR) is 108 cm³/mol. The maximum atomic E-state index is 13.2. The fourth-order valence-electron chi connectivity index (χ4n) is 3.22. The van der Waals surface area contributed by atoms with Crippen molar-refractivity contribution in [3.8, 4) is 5.75 Å². The topological polar surface area (TPSA) is 79.0 Å². The number of nitrogens with one attached hydrogen (secondary N) is 1. The second-order valence-electron chi connectivity index (χ2n) is 6.89. The number of methoxy groups -OCH3 is 1. The second kappa shape index (κ2) is 8.89. The van der Waals surface area contributed by atoms with Crippen molar-refractivity contribution in [2.75, 3.05) is 45.2 Å². The summed E-state index contributed by atoms with van der Waals surface area (Å²) in [4.78, 5) is 14.2. The molecular formula is C20H24FN3O4S. The van der Waals surface area contributed by atoms with Gasteiger partial charge in [0.05, 0.1) is 13.7 Å². The van der Waals surface area contributed by atoms with Gasteiger partial charge in [0.15, 0.2) is 0 Å². The molecule has 1 amide bonds. The average Bonchev–Trinajstić information content (AvgIpc) is 2.68. The van der Waals surface area contributed by atoms with Gasteiger partial charge in [-0.1, -0.05) is 12.1 Å². The maximum absolute atomic E-state index is 13.2. The molecule has 0 unspecified atom stereocenters. The molecule has 1 heterocycles. The summed E-state index contributed by atoms with van der Waals surface area (Å²) in [6.07, 6.45) is 0. The predicted octanol–water partition coefficient (Wildman–Crippen LogP) is 2.09.